The molecule has 0 amide bonds. The molecule has 0 radical (unpaired) electrons. The summed E-state index contributed by atoms with van der Waals surface area (Å²) in [4.78, 5) is 11.6. The number of anilines is 1. The van der Waals surface area contributed by atoms with Crippen LogP contribution in [-0.4, -0.2) is 15.3 Å². The van der Waals surface area contributed by atoms with Crippen LogP contribution in [0.1, 0.15) is 53.0 Å². The van der Waals surface area contributed by atoms with Crippen molar-refractivity contribution in [2.75, 3.05) is 5.32 Å². The number of hydrogen-bond donors (Lipinski definition) is 1. The lowest BCUT2D eigenvalue weighted by molar-refractivity contribution is 0.101. The van der Waals surface area contributed by atoms with Gasteiger partial charge in [-0.2, -0.15) is 4.37 Å². The van der Waals surface area contributed by atoms with Crippen LogP contribution in [0, 0.1) is 20.8 Å². The number of aryl methyl sites for hydroxylation is 3. The highest BCUT2D eigenvalue weighted by Gasteiger charge is 2.20. The van der Waals surface area contributed by atoms with Crippen LogP contribution < -0.4 is 5.32 Å². The summed E-state index contributed by atoms with van der Waals surface area (Å²) in [6.45, 7) is 9.22. The fraction of sp³-hybridized carbons (Fsp3) is 0.462. The highest BCUT2D eigenvalue weighted by molar-refractivity contribution is 7.10. The molecule has 0 saturated carbocycles. The van der Waals surface area contributed by atoms with Crippen LogP contribution in [0.5, 0.6) is 0 Å². The quantitative estimate of drug-likeness (QED) is 0.868. The van der Waals surface area contributed by atoms with Gasteiger partial charge in [0.15, 0.2) is 5.78 Å². The summed E-state index contributed by atoms with van der Waals surface area (Å²) in [5, 5.41) is 8.08. The highest BCUT2D eigenvalue weighted by atomic mass is 32.1. The Labute approximate surface area is 116 Å². The van der Waals surface area contributed by atoms with Gasteiger partial charge in [-0.15, -0.1) is 0 Å². The van der Waals surface area contributed by atoms with Gasteiger partial charge in [-0.1, -0.05) is 5.16 Å². The van der Waals surface area contributed by atoms with Gasteiger partial charge in [0.25, 0.3) is 0 Å². The average Bonchev–Trinajstić information content (AvgIpc) is 2.83. The number of hydrogen-bond acceptors (Lipinski definition) is 6. The van der Waals surface area contributed by atoms with Crippen molar-refractivity contribution in [3.05, 3.63) is 28.3 Å². The molecule has 102 valence electrons. The van der Waals surface area contributed by atoms with Gasteiger partial charge in [0, 0.05) is 5.56 Å². The average molecular weight is 279 g/mol. The number of ketones is 1. The van der Waals surface area contributed by atoms with Crippen molar-refractivity contribution >= 4 is 22.3 Å². The molecule has 2 aromatic rings. The predicted octanol–water partition coefficient (Wildman–Crippen LogP) is 3.43. The van der Waals surface area contributed by atoms with Gasteiger partial charge in [0.05, 0.1) is 23.0 Å². The Morgan fingerprint density at radius 3 is 2.53 bits per heavy atom. The molecule has 0 saturated heterocycles. The van der Waals surface area contributed by atoms with Gasteiger partial charge in [-0.05, 0) is 46.2 Å². The third kappa shape index (κ3) is 2.53. The normalized spacial score (nSPS) is 12.5. The molecule has 19 heavy (non-hydrogen) atoms. The molecule has 2 aromatic heterocycles. The number of Topliss-reactive ketones (excluding diaryl/α,β-unsaturated/α-hetero) is 1. The van der Waals surface area contributed by atoms with E-state index in [0.29, 0.717) is 5.56 Å². The fourth-order valence-electron chi connectivity index (χ4n) is 2.26. The number of aromatic nitrogens is 2. The first-order valence-corrected chi connectivity index (χ1v) is 6.85. The summed E-state index contributed by atoms with van der Waals surface area (Å²) in [5.41, 5.74) is 3.33. The molecular formula is C13H17N3O2S. The zero-order valence-electron chi connectivity index (χ0n) is 11.7. The van der Waals surface area contributed by atoms with Crippen LogP contribution in [0.4, 0.5) is 5.00 Å². The largest absolute Gasteiger partial charge is 0.368 e. The first kappa shape index (κ1) is 13.7. The standard InChI is InChI=1S/C13H17N3O2S/c1-6(11-7(2)15-18-10(11)5)14-13-12(9(4)17)8(3)16-19-13/h6,14H,1-5H3. The van der Waals surface area contributed by atoms with E-state index < -0.39 is 0 Å². The number of carbonyl (C=O) groups excluding carboxylic acids is 1. The second kappa shape index (κ2) is 5.13. The zero-order chi connectivity index (χ0) is 14.2. The molecular weight excluding hydrogens is 262 g/mol. The molecule has 0 aliphatic heterocycles. The Kier molecular flexibility index (Phi) is 3.71. The first-order chi connectivity index (χ1) is 8.91. The van der Waals surface area contributed by atoms with E-state index in [2.05, 4.69) is 14.8 Å². The summed E-state index contributed by atoms with van der Waals surface area (Å²) in [6, 6.07) is 0.0178. The molecule has 1 atom stereocenters. The van der Waals surface area contributed by atoms with Crippen LogP contribution in [0.25, 0.3) is 0 Å². The van der Waals surface area contributed by atoms with Crippen LogP contribution in [0.3, 0.4) is 0 Å². The monoisotopic (exact) mass is 279 g/mol. The first-order valence-electron chi connectivity index (χ1n) is 6.08. The second-order valence-electron chi connectivity index (χ2n) is 4.63. The molecule has 1 N–H and O–H groups in total. The van der Waals surface area contributed by atoms with Crippen LogP contribution in [0.15, 0.2) is 4.52 Å². The predicted molar refractivity (Wildman–Crippen MR) is 74.9 cm³/mol. The molecule has 2 heterocycles. The van der Waals surface area contributed by atoms with E-state index in [0.717, 1.165) is 27.7 Å². The maximum absolute atomic E-state index is 11.6. The molecule has 0 spiro atoms. The molecule has 1 unspecified atom stereocenters. The van der Waals surface area contributed by atoms with Gasteiger partial charge < -0.3 is 9.84 Å². The van der Waals surface area contributed by atoms with Gasteiger partial charge in [0.1, 0.15) is 10.8 Å². The maximum atomic E-state index is 11.6. The lowest BCUT2D eigenvalue weighted by Crippen LogP contribution is -2.10. The third-order valence-electron chi connectivity index (χ3n) is 3.08. The van der Waals surface area contributed by atoms with Gasteiger partial charge in [-0.25, -0.2) is 0 Å². The lowest BCUT2D eigenvalue weighted by Gasteiger charge is -2.14. The lowest BCUT2D eigenvalue weighted by atomic mass is 10.1. The summed E-state index contributed by atoms with van der Waals surface area (Å²) >= 11 is 1.31. The summed E-state index contributed by atoms with van der Waals surface area (Å²) in [5.74, 6) is 0.822. The van der Waals surface area contributed by atoms with Crippen LogP contribution >= 0.6 is 11.5 Å². The van der Waals surface area contributed by atoms with E-state index in [1.807, 2.05) is 27.7 Å². The molecule has 0 fully saturated rings. The SMILES string of the molecule is CC(=O)c1c(C)nsc1NC(C)c1c(C)noc1C. The van der Waals surface area contributed by atoms with E-state index in [1.54, 1.807) is 6.92 Å². The van der Waals surface area contributed by atoms with E-state index >= 15 is 0 Å². The van der Waals surface area contributed by atoms with Crippen molar-refractivity contribution in [3.63, 3.8) is 0 Å². The smallest absolute Gasteiger partial charge is 0.164 e. The molecule has 2 rings (SSSR count). The summed E-state index contributed by atoms with van der Waals surface area (Å²) in [7, 11) is 0. The van der Waals surface area contributed by atoms with Crippen LogP contribution in [0.2, 0.25) is 0 Å². The second-order valence-corrected chi connectivity index (χ2v) is 5.41. The Balaban J connectivity index is 2.30. The highest BCUT2D eigenvalue weighted by Crippen LogP contribution is 2.30. The van der Waals surface area contributed by atoms with Crippen molar-refractivity contribution in [3.8, 4) is 0 Å². The van der Waals surface area contributed by atoms with Crippen molar-refractivity contribution in [2.24, 2.45) is 0 Å². The van der Waals surface area contributed by atoms with Gasteiger partial charge >= 0.3 is 0 Å². The van der Waals surface area contributed by atoms with E-state index in [-0.39, 0.29) is 11.8 Å². The Hall–Kier alpha value is -1.69. The molecule has 5 nitrogen and oxygen atoms in total. The Bertz CT molecular complexity index is 596. The van der Waals surface area contributed by atoms with Crippen molar-refractivity contribution < 1.29 is 9.32 Å². The van der Waals surface area contributed by atoms with Gasteiger partial charge in [-0.3, -0.25) is 4.79 Å². The number of nitrogens with one attached hydrogen (secondary N) is 1. The minimum Gasteiger partial charge on any atom is -0.368 e. The molecule has 6 heteroatoms. The van der Waals surface area contributed by atoms with Crippen molar-refractivity contribution in [1.82, 2.24) is 9.53 Å². The topological polar surface area (TPSA) is 68.0 Å². The van der Waals surface area contributed by atoms with Crippen LogP contribution in [-0.2, 0) is 0 Å². The fourth-order valence-corrected chi connectivity index (χ4v) is 3.19. The van der Waals surface area contributed by atoms with E-state index in [9.17, 15) is 4.79 Å². The number of rotatable bonds is 4. The molecule has 0 bridgehead atoms. The Morgan fingerprint density at radius 1 is 1.32 bits per heavy atom. The van der Waals surface area contributed by atoms with E-state index in [4.69, 9.17) is 4.52 Å². The number of nitrogens with zero attached hydrogens (tertiary/aromatic N) is 2. The van der Waals surface area contributed by atoms with Crippen molar-refractivity contribution in [2.45, 2.75) is 40.7 Å². The van der Waals surface area contributed by atoms with E-state index in [1.165, 1.54) is 11.5 Å². The summed E-state index contributed by atoms with van der Waals surface area (Å²) in [6.07, 6.45) is 0. The van der Waals surface area contributed by atoms with Crippen molar-refractivity contribution in [1.29, 1.82) is 0 Å². The number of carbonyl (C=O) groups is 1. The molecule has 0 aliphatic carbocycles. The Morgan fingerprint density at radius 2 is 2.00 bits per heavy atom. The zero-order valence-corrected chi connectivity index (χ0v) is 12.5. The summed E-state index contributed by atoms with van der Waals surface area (Å²) < 4.78 is 9.40. The minimum absolute atomic E-state index is 0.0178. The molecule has 0 aromatic carbocycles. The van der Waals surface area contributed by atoms with Gasteiger partial charge in [0.2, 0.25) is 0 Å². The molecule has 0 aliphatic rings. The maximum Gasteiger partial charge on any atom is 0.164 e. The third-order valence-corrected chi connectivity index (χ3v) is 3.95. The minimum atomic E-state index is 0.0178.